The van der Waals surface area contributed by atoms with Crippen LogP contribution in [0.15, 0.2) is 48.5 Å². The van der Waals surface area contributed by atoms with E-state index in [4.69, 9.17) is 9.47 Å². The van der Waals surface area contributed by atoms with Gasteiger partial charge >= 0.3 is 0 Å². The summed E-state index contributed by atoms with van der Waals surface area (Å²) in [5, 5.41) is 6.04. The molecule has 2 N–H and O–H groups in total. The highest BCUT2D eigenvalue weighted by Gasteiger charge is 2.18. The SMILES string of the molecule is O=C(CNc1cccc(C(=O)N2CCCCCC2)c1)Nc1ccccc1OCC1CCCO1. The van der Waals surface area contributed by atoms with Crippen molar-refractivity contribution in [2.75, 3.05) is 43.5 Å². The first kappa shape index (κ1) is 23.1. The Bertz CT molecular complexity index is 935. The normalized spacial score (nSPS) is 18.4. The molecule has 2 saturated heterocycles. The molecule has 0 spiro atoms. The summed E-state index contributed by atoms with van der Waals surface area (Å²) in [6.07, 6.45) is 6.65. The Hall–Kier alpha value is -3.06. The molecule has 7 heteroatoms. The molecule has 0 aromatic heterocycles. The molecule has 2 aliphatic heterocycles. The summed E-state index contributed by atoms with van der Waals surface area (Å²) in [5.74, 6) is 0.501. The molecule has 0 aliphatic carbocycles. The van der Waals surface area contributed by atoms with Gasteiger partial charge < -0.3 is 25.0 Å². The van der Waals surface area contributed by atoms with Crippen LogP contribution in [0.5, 0.6) is 5.75 Å². The van der Waals surface area contributed by atoms with Crippen molar-refractivity contribution < 1.29 is 19.1 Å². The Morgan fingerprint density at radius 2 is 1.82 bits per heavy atom. The van der Waals surface area contributed by atoms with E-state index in [0.29, 0.717) is 23.6 Å². The van der Waals surface area contributed by atoms with Crippen molar-refractivity contribution >= 4 is 23.2 Å². The number of ether oxygens (including phenoxy) is 2. The van der Waals surface area contributed by atoms with Crippen molar-refractivity contribution in [3.63, 3.8) is 0 Å². The minimum Gasteiger partial charge on any atom is -0.489 e. The van der Waals surface area contributed by atoms with Gasteiger partial charge in [-0.05, 0) is 56.0 Å². The van der Waals surface area contributed by atoms with E-state index in [1.165, 1.54) is 12.8 Å². The number of amides is 2. The van der Waals surface area contributed by atoms with E-state index in [1.54, 1.807) is 0 Å². The standard InChI is InChI=1S/C26H33N3O4/c30-25(28-23-12-3-4-13-24(23)33-19-22-11-8-16-32-22)18-27-21-10-7-9-20(17-21)26(31)29-14-5-1-2-6-15-29/h3-4,7,9-10,12-13,17,22,27H,1-2,5-6,8,11,14-16,18-19H2,(H,28,30). The summed E-state index contributed by atoms with van der Waals surface area (Å²) in [6.45, 7) is 2.97. The predicted molar refractivity (Wildman–Crippen MR) is 129 cm³/mol. The minimum absolute atomic E-state index is 0.0577. The summed E-state index contributed by atoms with van der Waals surface area (Å²) < 4.78 is 11.5. The fourth-order valence-corrected chi connectivity index (χ4v) is 4.25. The van der Waals surface area contributed by atoms with Crippen molar-refractivity contribution in [1.82, 2.24) is 4.90 Å². The number of para-hydroxylation sites is 2. The molecule has 33 heavy (non-hydrogen) atoms. The molecule has 0 bridgehead atoms. The molecule has 2 fully saturated rings. The summed E-state index contributed by atoms with van der Waals surface area (Å²) in [7, 11) is 0. The molecule has 2 heterocycles. The number of hydrogen-bond donors (Lipinski definition) is 2. The van der Waals surface area contributed by atoms with Gasteiger partial charge in [0.25, 0.3) is 5.91 Å². The highest BCUT2D eigenvalue weighted by Crippen LogP contribution is 2.25. The Kier molecular flexibility index (Phi) is 8.19. The monoisotopic (exact) mass is 451 g/mol. The van der Waals surface area contributed by atoms with Crippen LogP contribution in [0.25, 0.3) is 0 Å². The van der Waals surface area contributed by atoms with Crippen LogP contribution in [-0.2, 0) is 9.53 Å². The van der Waals surface area contributed by atoms with E-state index in [9.17, 15) is 9.59 Å². The number of nitrogens with one attached hydrogen (secondary N) is 2. The molecule has 2 aliphatic rings. The second-order valence-corrected chi connectivity index (χ2v) is 8.63. The third-order valence-corrected chi connectivity index (χ3v) is 6.07. The largest absolute Gasteiger partial charge is 0.489 e. The molecule has 0 radical (unpaired) electrons. The zero-order valence-electron chi connectivity index (χ0n) is 19.1. The number of anilines is 2. The maximum atomic E-state index is 12.9. The summed E-state index contributed by atoms with van der Waals surface area (Å²) in [4.78, 5) is 27.4. The summed E-state index contributed by atoms with van der Waals surface area (Å²) in [6, 6.07) is 14.8. The van der Waals surface area contributed by atoms with Crippen LogP contribution < -0.4 is 15.4 Å². The first-order valence-corrected chi connectivity index (χ1v) is 12.0. The first-order chi connectivity index (χ1) is 16.2. The van der Waals surface area contributed by atoms with Crippen molar-refractivity contribution in [1.29, 1.82) is 0 Å². The van der Waals surface area contributed by atoms with Crippen LogP contribution in [0.2, 0.25) is 0 Å². The van der Waals surface area contributed by atoms with Crippen LogP contribution in [0.4, 0.5) is 11.4 Å². The average Bonchev–Trinajstić information content (AvgIpc) is 3.22. The number of hydrogen-bond acceptors (Lipinski definition) is 5. The van der Waals surface area contributed by atoms with E-state index >= 15 is 0 Å². The minimum atomic E-state index is -0.188. The number of carbonyl (C=O) groups is 2. The van der Waals surface area contributed by atoms with Crippen LogP contribution >= 0.6 is 0 Å². The fraction of sp³-hybridized carbons (Fsp3) is 0.462. The quantitative estimate of drug-likeness (QED) is 0.625. The molecule has 1 atom stereocenters. The molecular formula is C26H33N3O4. The van der Waals surface area contributed by atoms with Gasteiger partial charge in [-0.3, -0.25) is 9.59 Å². The van der Waals surface area contributed by atoms with Crippen LogP contribution in [0.3, 0.4) is 0 Å². The van der Waals surface area contributed by atoms with E-state index in [-0.39, 0.29) is 24.5 Å². The van der Waals surface area contributed by atoms with E-state index < -0.39 is 0 Å². The smallest absolute Gasteiger partial charge is 0.253 e. The van der Waals surface area contributed by atoms with Crippen LogP contribution in [0, 0.1) is 0 Å². The molecule has 2 aromatic carbocycles. The zero-order chi connectivity index (χ0) is 22.9. The third-order valence-electron chi connectivity index (χ3n) is 6.07. The maximum absolute atomic E-state index is 12.9. The average molecular weight is 452 g/mol. The lowest BCUT2D eigenvalue weighted by atomic mass is 10.1. The number of rotatable bonds is 8. The third kappa shape index (κ3) is 6.71. The molecule has 7 nitrogen and oxygen atoms in total. The fourth-order valence-electron chi connectivity index (χ4n) is 4.25. The molecule has 2 amide bonds. The van der Waals surface area contributed by atoms with Crippen molar-refractivity contribution in [2.45, 2.75) is 44.6 Å². The van der Waals surface area contributed by atoms with Gasteiger partial charge in [0.15, 0.2) is 0 Å². The predicted octanol–water partition coefficient (Wildman–Crippen LogP) is 4.31. The van der Waals surface area contributed by atoms with Crippen molar-refractivity contribution in [3.05, 3.63) is 54.1 Å². The van der Waals surface area contributed by atoms with E-state index in [1.807, 2.05) is 53.4 Å². The van der Waals surface area contributed by atoms with Gasteiger partial charge in [-0.15, -0.1) is 0 Å². The summed E-state index contributed by atoms with van der Waals surface area (Å²) in [5.41, 5.74) is 2.02. The molecule has 176 valence electrons. The van der Waals surface area contributed by atoms with Crippen LogP contribution in [-0.4, -0.2) is 55.7 Å². The van der Waals surface area contributed by atoms with Gasteiger partial charge in [0.2, 0.25) is 5.91 Å². The van der Waals surface area contributed by atoms with Crippen molar-refractivity contribution in [3.8, 4) is 5.75 Å². The van der Waals surface area contributed by atoms with E-state index in [0.717, 1.165) is 51.1 Å². The number of nitrogens with zero attached hydrogens (tertiary/aromatic N) is 1. The lowest BCUT2D eigenvalue weighted by molar-refractivity contribution is -0.114. The van der Waals surface area contributed by atoms with Gasteiger partial charge in [-0.1, -0.05) is 31.0 Å². The lowest BCUT2D eigenvalue weighted by Gasteiger charge is -2.20. The van der Waals surface area contributed by atoms with Gasteiger partial charge in [0.1, 0.15) is 12.4 Å². The van der Waals surface area contributed by atoms with Crippen LogP contribution in [0.1, 0.15) is 48.9 Å². The van der Waals surface area contributed by atoms with Gasteiger partial charge in [0.05, 0.1) is 18.3 Å². The van der Waals surface area contributed by atoms with Crippen molar-refractivity contribution in [2.24, 2.45) is 0 Å². The second kappa shape index (κ2) is 11.7. The molecule has 1 unspecified atom stereocenters. The Labute approximate surface area is 195 Å². The lowest BCUT2D eigenvalue weighted by Crippen LogP contribution is -2.31. The Morgan fingerprint density at radius 1 is 1.00 bits per heavy atom. The summed E-state index contributed by atoms with van der Waals surface area (Å²) >= 11 is 0. The number of benzene rings is 2. The van der Waals surface area contributed by atoms with Gasteiger partial charge in [-0.2, -0.15) is 0 Å². The molecule has 4 rings (SSSR count). The molecule has 2 aromatic rings. The molecule has 0 saturated carbocycles. The van der Waals surface area contributed by atoms with Gasteiger partial charge in [0, 0.05) is 30.9 Å². The number of likely N-dealkylation sites (tertiary alicyclic amines) is 1. The second-order valence-electron chi connectivity index (χ2n) is 8.63. The highest BCUT2D eigenvalue weighted by molar-refractivity contribution is 5.96. The number of carbonyl (C=O) groups excluding carboxylic acids is 2. The van der Waals surface area contributed by atoms with E-state index in [2.05, 4.69) is 10.6 Å². The maximum Gasteiger partial charge on any atom is 0.253 e. The first-order valence-electron chi connectivity index (χ1n) is 12.0. The zero-order valence-corrected chi connectivity index (χ0v) is 19.1. The topological polar surface area (TPSA) is 79.9 Å². The Balaban J connectivity index is 1.30. The molecular weight excluding hydrogens is 418 g/mol. The van der Waals surface area contributed by atoms with Gasteiger partial charge in [-0.25, -0.2) is 0 Å². The highest BCUT2D eigenvalue weighted by atomic mass is 16.5. The Morgan fingerprint density at radius 3 is 2.61 bits per heavy atom.